The van der Waals surface area contributed by atoms with Gasteiger partial charge in [-0.1, -0.05) is 30.3 Å². The van der Waals surface area contributed by atoms with E-state index in [1.807, 2.05) is 0 Å². The van der Waals surface area contributed by atoms with E-state index in [0.717, 1.165) is 7.11 Å². The number of hydrogen-bond acceptors (Lipinski definition) is 9. The number of aromatic amines is 1. The fourth-order valence-electron chi connectivity index (χ4n) is 3.68. The minimum atomic E-state index is -1.51. The first-order valence-corrected chi connectivity index (χ1v) is 12.4. The third-order valence-corrected chi connectivity index (χ3v) is 5.87. The highest BCUT2D eigenvalue weighted by atomic mass is 16.5. The summed E-state index contributed by atoms with van der Waals surface area (Å²) in [5.41, 5.74) is 0.643. The van der Waals surface area contributed by atoms with Crippen molar-refractivity contribution in [1.29, 1.82) is 0 Å². The SMILES string of the molecule is COC(=O)[C@@H](NC(=O)CC(NC(=O)C(CO)NC(=O)C(NC(=O)c1ccc[nH]1)C(C)O)c1ccccc1)[C@H](C)O. The van der Waals surface area contributed by atoms with Crippen LogP contribution < -0.4 is 21.3 Å². The van der Waals surface area contributed by atoms with E-state index in [1.54, 1.807) is 36.4 Å². The number of H-pyrrole nitrogens is 1. The third kappa shape index (κ3) is 9.18. The van der Waals surface area contributed by atoms with Crippen LogP contribution in [0.3, 0.4) is 0 Å². The Morgan fingerprint density at radius 2 is 1.50 bits per heavy atom. The molecule has 40 heavy (non-hydrogen) atoms. The molecule has 0 saturated carbocycles. The molecule has 2 aromatic rings. The Hall–Kier alpha value is -4.27. The Bertz CT molecular complexity index is 1140. The van der Waals surface area contributed by atoms with Crippen LogP contribution in [0.5, 0.6) is 0 Å². The first-order valence-electron chi connectivity index (χ1n) is 12.4. The van der Waals surface area contributed by atoms with E-state index in [9.17, 15) is 39.3 Å². The minimum Gasteiger partial charge on any atom is -0.467 e. The maximum Gasteiger partial charge on any atom is 0.331 e. The van der Waals surface area contributed by atoms with Crippen LogP contribution in [0.15, 0.2) is 48.7 Å². The number of aromatic nitrogens is 1. The van der Waals surface area contributed by atoms with Crippen molar-refractivity contribution in [3.63, 3.8) is 0 Å². The van der Waals surface area contributed by atoms with E-state index in [-0.39, 0.29) is 12.1 Å². The zero-order valence-corrected chi connectivity index (χ0v) is 22.3. The summed E-state index contributed by atoms with van der Waals surface area (Å²) in [6.45, 7) is 1.73. The number of ether oxygens (including phenoxy) is 1. The fourth-order valence-corrected chi connectivity index (χ4v) is 3.68. The summed E-state index contributed by atoms with van der Waals surface area (Å²) in [6, 6.07) is 6.10. The predicted octanol–water partition coefficient (Wildman–Crippen LogP) is -1.74. The first kappa shape index (κ1) is 31.9. The number of benzene rings is 1. The van der Waals surface area contributed by atoms with E-state index in [0.29, 0.717) is 5.56 Å². The molecule has 0 fully saturated rings. The molecule has 14 heteroatoms. The van der Waals surface area contributed by atoms with E-state index in [2.05, 4.69) is 31.0 Å². The van der Waals surface area contributed by atoms with Crippen molar-refractivity contribution < 1.29 is 44.0 Å². The van der Waals surface area contributed by atoms with Crippen LogP contribution in [-0.4, -0.2) is 94.0 Å². The average Bonchev–Trinajstić information content (AvgIpc) is 3.47. The van der Waals surface area contributed by atoms with Gasteiger partial charge in [-0.05, 0) is 31.5 Å². The van der Waals surface area contributed by atoms with Crippen LogP contribution in [0.1, 0.15) is 42.4 Å². The number of carbonyl (C=O) groups excluding carboxylic acids is 5. The van der Waals surface area contributed by atoms with Gasteiger partial charge in [0.15, 0.2) is 6.04 Å². The molecule has 4 amide bonds. The lowest BCUT2D eigenvalue weighted by Crippen LogP contribution is -2.58. The van der Waals surface area contributed by atoms with Gasteiger partial charge in [-0.25, -0.2) is 4.79 Å². The molecule has 218 valence electrons. The molecule has 14 nitrogen and oxygen atoms in total. The Balaban J connectivity index is 2.15. The highest BCUT2D eigenvalue weighted by Gasteiger charge is 2.32. The quantitative estimate of drug-likeness (QED) is 0.123. The second-order valence-corrected chi connectivity index (χ2v) is 9.00. The average molecular weight is 562 g/mol. The van der Waals surface area contributed by atoms with Crippen molar-refractivity contribution >= 4 is 29.6 Å². The molecule has 0 aliphatic rings. The molecule has 1 aromatic heterocycles. The van der Waals surface area contributed by atoms with E-state index >= 15 is 0 Å². The van der Waals surface area contributed by atoms with Gasteiger partial charge in [0.25, 0.3) is 5.91 Å². The molecule has 1 aromatic carbocycles. The first-order chi connectivity index (χ1) is 19.0. The lowest BCUT2D eigenvalue weighted by atomic mass is 10.0. The summed E-state index contributed by atoms with van der Waals surface area (Å²) in [5.74, 6) is -4.03. The van der Waals surface area contributed by atoms with Gasteiger partial charge in [-0.2, -0.15) is 0 Å². The van der Waals surface area contributed by atoms with Gasteiger partial charge in [0.05, 0.1) is 38.4 Å². The maximum atomic E-state index is 13.1. The number of carbonyl (C=O) groups is 5. The molecule has 0 spiro atoms. The topological polar surface area (TPSA) is 219 Å². The smallest absolute Gasteiger partial charge is 0.331 e. The molecule has 4 unspecified atom stereocenters. The Morgan fingerprint density at radius 3 is 2.02 bits per heavy atom. The number of nitrogens with one attached hydrogen (secondary N) is 5. The molecular weight excluding hydrogens is 526 g/mol. The van der Waals surface area contributed by atoms with E-state index in [4.69, 9.17) is 0 Å². The van der Waals surface area contributed by atoms with Gasteiger partial charge in [0.1, 0.15) is 17.8 Å². The molecule has 2 rings (SSSR count). The fraction of sp³-hybridized carbons (Fsp3) is 0.423. The van der Waals surface area contributed by atoms with Gasteiger partial charge in [-0.15, -0.1) is 0 Å². The molecule has 0 radical (unpaired) electrons. The normalized spacial score (nSPS) is 15.3. The van der Waals surface area contributed by atoms with Crippen molar-refractivity contribution in [3.8, 4) is 0 Å². The summed E-state index contributed by atoms with van der Waals surface area (Å²) < 4.78 is 4.60. The molecule has 0 saturated heterocycles. The lowest BCUT2D eigenvalue weighted by molar-refractivity contribution is -0.148. The number of aliphatic hydroxyl groups excluding tert-OH is 3. The zero-order valence-electron chi connectivity index (χ0n) is 22.3. The van der Waals surface area contributed by atoms with Gasteiger partial charge in [0, 0.05) is 6.20 Å². The zero-order chi connectivity index (χ0) is 29.8. The second kappa shape index (κ2) is 15.4. The molecule has 0 aliphatic heterocycles. The highest BCUT2D eigenvalue weighted by Crippen LogP contribution is 2.17. The summed E-state index contributed by atoms with van der Waals surface area (Å²) >= 11 is 0. The van der Waals surface area contributed by atoms with Crippen molar-refractivity contribution in [3.05, 3.63) is 59.9 Å². The predicted molar refractivity (Wildman–Crippen MR) is 140 cm³/mol. The van der Waals surface area contributed by atoms with Crippen LogP contribution in [0.2, 0.25) is 0 Å². The minimum absolute atomic E-state index is 0.143. The molecule has 1 heterocycles. The molecule has 0 aliphatic carbocycles. The number of aliphatic hydroxyl groups is 3. The second-order valence-electron chi connectivity index (χ2n) is 9.00. The number of hydrogen-bond donors (Lipinski definition) is 8. The largest absolute Gasteiger partial charge is 0.467 e. The molecule has 6 atom stereocenters. The number of amides is 4. The Labute approximate surface area is 230 Å². The van der Waals surface area contributed by atoms with Gasteiger partial charge in [-0.3, -0.25) is 19.2 Å². The van der Waals surface area contributed by atoms with Crippen molar-refractivity contribution in [2.24, 2.45) is 0 Å². The maximum absolute atomic E-state index is 13.1. The monoisotopic (exact) mass is 561 g/mol. The van der Waals surface area contributed by atoms with Crippen molar-refractivity contribution in [1.82, 2.24) is 26.3 Å². The van der Waals surface area contributed by atoms with E-state index in [1.165, 1.54) is 26.1 Å². The van der Waals surface area contributed by atoms with Crippen molar-refractivity contribution in [2.45, 2.75) is 56.6 Å². The van der Waals surface area contributed by atoms with Crippen LogP contribution >= 0.6 is 0 Å². The van der Waals surface area contributed by atoms with Crippen LogP contribution in [0.25, 0.3) is 0 Å². The number of methoxy groups -OCH3 is 1. The molecule has 0 bridgehead atoms. The van der Waals surface area contributed by atoms with Gasteiger partial charge in [0.2, 0.25) is 17.7 Å². The van der Waals surface area contributed by atoms with Crippen molar-refractivity contribution in [2.75, 3.05) is 13.7 Å². The van der Waals surface area contributed by atoms with Crippen LogP contribution in [-0.2, 0) is 23.9 Å². The summed E-state index contributed by atoms with van der Waals surface area (Å²) in [5, 5.41) is 39.4. The van der Waals surface area contributed by atoms with Gasteiger partial charge < -0.3 is 46.3 Å². The summed E-state index contributed by atoms with van der Waals surface area (Å²) in [7, 11) is 1.10. The summed E-state index contributed by atoms with van der Waals surface area (Å²) in [6.07, 6.45) is -1.47. The Morgan fingerprint density at radius 1 is 0.850 bits per heavy atom. The Kier molecular flexibility index (Phi) is 12.3. The number of rotatable bonds is 14. The third-order valence-electron chi connectivity index (χ3n) is 5.87. The lowest BCUT2D eigenvalue weighted by Gasteiger charge is -2.26. The van der Waals surface area contributed by atoms with Crippen LogP contribution in [0, 0.1) is 0 Å². The summed E-state index contributed by atoms with van der Waals surface area (Å²) in [4.78, 5) is 65.6. The van der Waals surface area contributed by atoms with Crippen LogP contribution in [0.4, 0.5) is 0 Å². The molecular formula is C26H35N5O9. The van der Waals surface area contributed by atoms with E-state index < -0.39 is 72.6 Å². The van der Waals surface area contributed by atoms with Gasteiger partial charge >= 0.3 is 5.97 Å². The number of esters is 1. The highest BCUT2D eigenvalue weighted by molar-refractivity contribution is 5.97. The standard InChI is InChI=1S/C26H35N5O9/c1-14(33)21(31-23(36)17-10-7-11-27-17)25(38)29-19(13-32)24(37)28-18(16-8-5-4-6-9-16)12-20(35)30-22(15(2)34)26(39)40-3/h4-11,14-15,18-19,21-22,27,32-34H,12-13H2,1-3H3,(H,28,37)(H,29,38)(H,30,35)(H,31,36)/t14?,15-,18?,19?,21?,22-/m0/s1. The molecule has 8 N–H and O–H groups in total.